The van der Waals surface area contributed by atoms with Gasteiger partial charge in [-0.05, 0) is 78.2 Å². The Labute approximate surface area is 198 Å². The summed E-state index contributed by atoms with van der Waals surface area (Å²) < 4.78 is 1.16. The highest BCUT2D eigenvalue weighted by molar-refractivity contribution is 14.1. The summed E-state index contributed by atoms with van der Waals surface area (Å²) in [6, 6.07) is 11.6. The number of pyridine rings is 1. The van der Waals surface area contributed by atoms with Crippen LogP contribution in [0, 0.1) is 9.49 Å². The topological polar surface area (TPSA) is 42.0 Å². The molecule has 0 spiro atoms. The molecule has 0 bridgehead atoms. The van der Waals surface area contributed by atoms with Crippen molar-refractivity contribution in [3.8, 4) is 0 Å². The number of nitrogens with zero attached hydrogens (tertiary/aromatic N) is 1. The number of ketones is 1. The molecular weight excluding hydrogens is 518 g/mol. The summed E-state index contributed by atoms with van der Waals surface area (Å²) in [5.74, 6) is 0.457. The standard InChI is InChI=1S/C23H29Cl2IN2O/c1-2-7-18(23(29)19-9-11-20(26)12-10-19)8-5-3-4-6-13-27-16-17-14-21(24)28-22(25)15-17/h9-12,14-15,18,27H,2-8,13,16H2,1H3. The number of halogens is 3. The van der Waals surface area contributed by atoms with E-state index in [1.165, 1.54) is 6.42 Å². The molecule has 0 radical (unpaired) electrons. The van der Waals surface area contributed by atoms with Crippen LogP contribution >= 0.6 is 45.8 Å². The molecule has 29 heavy (non-hydrogen) atoms. The van der Waals surface area contributed by atoms with Crippen LogP contribution in [0.4, 0.5) is 0 Å². The van der Waals surface area contributed by atoms with Crippen molar-refractivity contribution in [2.45, 2.75) is 58.4 Å². The highest BCUT2D eigenvalue weighted by Crippen LogP contribution is 2.22. The quantitative estimate of drug-likeness (QED) is 0.124. The lowest BCUT2D eigenvalue weighted by atomic mass is 9.89. The number of aromatic nitrogens is 1. The van der Waals surface area contributed by atoms with Gasteiger partial charge in [-0.1, -0.05) is 67.9 Å². The Balaban J connectivity index is 1.63. The molecule has 2 rings (SSSR count). The maximum absolute atomic E-state index is 12.8. The second kappa shape index (κ2) is 13.6. The Hall–Kier alpha value is -0.690. The Kier molecular flexibility index (Phi) is 11.5. The van der Waals surface area contributed by atoms with E-state index >= 15 is 0 Å². The third-order valence-electron chi connectivity index (χ3n) is 4.94. The van der Waals surface area contributed by atoms with Crippen LogP contribution in [0.1, 0.15) is 67.8 Å². The van der Waals surface area contributed by atoms with Gasteiger partial charge in [0.15, 0.2) is 5.78 Å². The lowest BCUT2D eigenvalue weighted by molar-refractivity contribution is 0.0903. The van der Waals surface area contributed by atoms with E-state index in [0.717, 1.165) is 66.3 Å². The van der Waals surface area contributed by atoms with Crippen LogP contribution in [0.25, 0.3) is 0 Å². The minimum atomic E-state index is 0.152. The van der Waals surface area contributed by atoms with Crippen LogP contribution in [-0.4, -0.2) is 17.3 Å². The van der Waals surface area contributed by atoms with Crippen molar-refractivity contribution in [1.82, 2.24) is 10.3 Å². The molecule has 0 aliphatic rings. The minimum Gasteiger partial charge on any atom is -0.313 e. The van der Waals surface area contributed by atoms with Gasteiger partial charge in [0, 0.05) is 21.6 Å². The minimum absolute atomic E-state index is 0.152. The summed E-state index contributed by atoms with van der Waals surface area (Å²) in [4.78, 5) is 16.8. The predicted molar refractivity (Wildman–Crippen MR) is 131 cm³/mol. The van der Waals surface area contributed by atoms with E-state index in [9.17, 15) is 4.79 Å². The second-order valence-electron chi connectivity index (χ2n) is 7.36. The molecule has 158 valence electrons. The molecule has 6 heteroatoms. The van der Waals surface area contributed by atoms with Crippen molar-refractivity contribution in [3.05, 3.63) is 61.4 Å². The van der Waals surface area contributed by atoms with Crippen LogP contribution < -0.4 is 5.32 Å². The van der Waals surface area contributed by atoms with Crippen LogP contribution in [-0.2, 0) is 6.54 Å². The third-order valence-corrected chi connectivity index (χ3v) is 6.05. The summed E-state index contributed by atoms with van der Waals surface area (Å²) in [6.07, 6.45) is 7.57. The molecule has 3 nitrogen and oxygen atoms in total. The average Bonchev–Trinajstić information content (AvgIpc) is 2.68. The fraction of sp³-hybridized carbons (Fsp3) is 0.478. The van der Waals surface area contributed by atoms with E-state index in [2.05, 4.69) is 39.8 Å². The first kappa shape index (κ1) is 24.6. The van der Waals surface area contributed by atoms with Gasteiger partial charge in [0.25, 0.3) is 0 Å². The van der Waals surface area contributed by atoms with Gasteiger partial charge in [0.1, 0.15) is 10.3 Å². The normalized spacial score (nSPS) is 12.1. The number of nitrogens with one attached hydrogen (secondary N) is 1. The Morgan fingerprint density at radius 2 is 1.69 bits per heavy atom. The van der Waals surface area contributed by atoms with Crippen molar-refractivity contribution in [2.24, 2.45) is 5.92 Å². The molecule has 2 aromatic rings. The van der Waals surface area contributed by atoms with E-state index in [4.69, 9.17) is 23.2 Å². The summed E-state index contributed by atoms with van der Waals surface area (Å²) in [7, 11) is 0. The first-order chi connectivity index (χ1) is 14.0. The number of carbonyl (C=O) groups is 1. The number of unbranched alkanes of at least 4 members (excludes halogenated alkanes) is 3. The molecule has 0 saturated heterocycles. The summed E-state index contributed by atoms with van der Waals surface area (Å²) >= 11 is 14.1. The summed E-state index contributed by atoms with van der Waals surface area (Å²) in [5, 5.41) is 4.27. The van der Waals surface area contributed by atoms with Gasteiger partial charge < -0.3 is 5.32 Å². The van der Waals surface area contributed by atoms with Gasteiger partial charge in [-0.15, -0.1) is 0 Å². The summed E-state index contributed by atoms with van der Waals surface area (Å²) in [5.41, 5.74) is 1.90. The molecule has 1 aromatic carbocycles. The first-order valence-electron chi connectivity index (χ1n) is 10.3. The van der Waals surface area contributed by atoms with Gasteiger partial charge in [-0.25, -0.2) is 4.98 Å². The number of hydrogen-bond donors (Lipinski definition) is 1. The Morgan fingerprint density at radius 3 is 2.34 bits per heavy atom. The molecule has 0 aliphatic carbocycles. The molecule has 0 fully saturated rings. The molecule has 0 aliphatic heterocycles. The average molecular weight is 547 g/mol. The van der Waals surface area contributed by atoms with Crippen LogP contribution in [0.15, 0.2) is 36.4 Å². The van der Waals surface area contributed by atoms with Crippen LogP contribution in [0.3, 0.4) is 0 Å². The highest BCUT2D eigenvalue weighted by Gasteiger charge is 2.18. The lowest BCUT2D eigenvalue weighted by Gasteiger charge is -2.15. The maximum Gasteiger partial charge on any atom is 0.165 e. The second-order valence-corrected chi connectivity index (χ2v) is 9.38. The van der Waals surface area contributed by atoms with Crippen molar-refractivity contribution in [2.75, 3.05) is 6.54 Å². The van der Waals surface area contributed by atoms with Gasteiger partial charge >= 0.3 is 0 Å². The van der Waals surface area contributed by atoms with E-state index in [-0.39, 0.29) is 5.92 Å². The van der Waals surface area contributed by atoms with Crippen LogP contribution in [0.5, 0.6) is 0 Å². The Bertz CT molecular complexity index is 748. The molecular formula is C23H29Cl2IN2O. The molecule has 0 saturated carbocycles. The van der Waals surface area contributed by atoms with Crippen molar-refractivity contribution < 1.29 is 4.79 Å². The SMILES string of the molecule is CCCC(CCCCCCNCc1cc(Cl)nc(Cl)c1)C(=O)c1ccc(I)cc1. The zero-order valence-corrected chi connectivity index (χ0v) is 20.6. The van der Waals surface area contributed by atoms with Gasteiger partial charge in [0.05, 0.1) is 0 Å². The van der Waals surface area contributed by atoms with Crippen molar-refractivity contribution in [1.29, 1.82) is 0 Å². The van der Waals surface area contributed by atoms with E-state index in [1.807, 2.05) is 36.4 Å². The van der Waals surface area contributed by atoms with Gasteiger partial charge in [-0.3, -0.25) is 4.79 Å². The highest BCUT2D eigenvalue weighted by atomic mass is 127. The molecule has 0 amide bonds. The number of hydrogen-bond acceptors (Lipinski definition) is 3. The molecule has 1 atom stereocenters. The monoisotopic (exact) mass is 546 g/mol. The third kappa shape index (κ3) is 9.33. The fourth-order valence-corrected chi connectivity index (χ4v) is 4.31. The molecule has 1 unspecified atom stereocenters. The fourth-order valence-electron chi connectivity index (χ4n) is 3.45. The maximum atomic E-state index is 12.8. The van der Waals surface area contributed by atoms with Gasteiger partial charge in [-0.2, -0.15) is 0 Å². The van der Waals surface area contributed by atoms with Crippen molar-refractivity contribution >= 4 is 51.6 Å². The molecule has 1 heterocycles. The van der Waals surface area contributed by atoms with E-state index < -0.39 is 0 Å². The Morgan fingerprint density at radius 1 is 1.03 bits per heavy atom. The largest absolute Gasteiger partial charge is 0.313 e. The smallest absolute Gasteiger partial charge is 0.165 e. The number of benzene rings is 1. The van der Waals surface area contributed by atoms with Crippen molar-refractivity contribution in [3.63, 3.8) is 0 Å². The number of rotatable bonds is 13. The van der Waals surface area contributed by atoms with Gasteiger partial charge in [0.2, 0.25) is 0 Å². The number of Topliss-reactive ketones (excluding diaryl/α,β-unsaturated/α-hetero) is 1. The zero-order valence-electron chi connectivity index (χ0n) is 16.9. The number of carbonyl (C=O) groups excluding carboxylic acids is 1. The summed E-state index contributed by atoms with van der Waals surface area (Å²) in [6.45, 7) is 3.85. The predicted octanol–water partition coefficient (Wildman–Crippen LogP) is 7.33. The molecule has 1 N–H and O–H groups in total. The van der Waals surface area contributed by atoms with E-state index in [1.54, 1.807) is 0 Å². The first-order valence-corrected chi connectivity index (χ1v) is 12.2. The van der Waals surface area contributed by atoms with Crippen LogP contribution in [0.2, 0.25) is 10.3 Å². The zero-order chi connectivity index (χ0) is 21.1. The lowest BCUT2D eigenvalue weighted by Crippen LogP contribution is -2.15. The van der Waals surface area contributed by atoms with E-state index in [0.29, 0.717) is 16.1 Å². The molecule has 1 aromatic heterocycles.